The van der Waals surface area contributed by atoms with Gasteiger partial charge in [-0.1, -0.05) is 59.8 Å². The lowest BCUT2D eigenvalue weighted by Crippen LogP contribution is -2.27. The van der Waals surface area contributed by atoms with Crippen molar-refractivity contribution < 1.29 is 19.1 Å². The first-order valence-electron chi connectivity index (χ1n) is 12.7. The monoisotopic (exact) mass is 447 g/mol. The van der Waals surface area contributed by atoms with Gasteiger partial charge in [-0.05, 0) is 50.2 Å². The Kier molecular flexibility index (Phi) is 15.5. The number of hydrogen-bond donors (Lipinski definition) is 0. The van der Waals surface area contributed by atoms with Crippen LogP contribution in [0.15, 0.2) is 24.3 Å². The first-order valence-corrected chi connectivity index (χ1v) is 12.7. The topological polar surface area (TPSA) is 55.8 Å². The molecule has 0 radical (unpaired) electrons. The van der Waals surface area contributed by atoms with Crippen LogP contribution in [-0.2, 0) is 9.59 Å². The van der Waals surface area contributed by atoms with Gasteiger partial charge in [-0.25, -0.2) is 0 Å². The van der Waals surface area contributed by atoms with Crippen molar-refractivity contribution in [2.24, 2.45) is 5.92 Å². The third-order valence-electron chi connectivity index (χ3n) is 6.02. The molecule has 0 aliphatic carbocycles. The Morgan fingerprint density at radius 2 is 1.19 bits per heavy atom. The number of likely N-dealkylation sites (N-methyl/N-ethyl adjacent to an activating group) is 1. The van der Waals surface area contributed by atoms with Crippen LogP contribution in [0.25, 0.3) is 0 Å². The van der Waals surface area contributed by atoms with Crippen molar-refractivity contribution >= 4 is 11.6 Å². The summed E-state index contributed by atoms with van der Waals surface area (Å²) in [6.45, 7) is 12.5. The number of Topliss-reactive ketones (excluding diaryl/α,β-unsaturated/α-hetero) is 2. The van der Waals surface area contributed by atoms with Gasteiger partial charge in [-0.15, -0.1) is 0 Å². The minimum atomic E-state index is -0.363. The fourth-order valence-electron chi connectivity index (χ4n) is 3.81. The van der Waals surface area contributed by atoms with Crippen molar-refractivity contribution in [3.8, 4) is 11.5 Å². The number of rotatable bonds is 20. The van der Waals surface area contributed by atoms with Crippen molar-refractivity contribution in [1.82, 2.24) is 4.90 Å². The Morgan fingerprint density at radius 1 is 0.719 bits per heavy atom. The van der Waals surface area contributed by atoms with Crippen LogP contribution in [0, 0.1) is 5.92 Å². The maximum atomic E-state index is 11.9. The molecule has 0 atom stereocenters. The number of ether oxygens (including phenoxy) is 2. The van der Waals surface area contributed by atoms with Crippen molar-refractivity contribution in [2.45, 2.75) is 85.5 Å². The summed E-state index contributed by atoms with van der Waals surface area (Å²) in [6.07, 6.45) is 8.17. The van der Waals surface area contributed by atoms with E-state index in [0.29, 0.717) is 19.4 Å². The lowest BCUT2D eigenvalue weighted by atomic mass is 9.90. The van der Waals surface area contributed by atoms with Crippen LogP contribution in [0.4, 0.5) is 0 Å². The summed E-state index contributed by atoms with van der Waals surface area (Å²) in [7, 11) is 0. The molecule has 182 valence electrons. The molecule has 32 heavy (non-hydrogen) atoms. The molecule has 0 bridgehead atoms. The van der Waals surface area contributed by atoms with Gasteiger partial charge < -0.3 is 14.4 Å². The van der Waals surface area contributed by atoms with Gasteiger partial charge >= 0.3 is 0 Å². The second-order valence-corrected chi connectivity index (χ2v) is 8.30. The van der Waals surface area contributed by atoms with Crippen molar-refractivity contribution in [1.29, 1.82) is 0 Å². The van der Waals surface area contributed by atoms with Gasteiger partial charge in [-0.3, -0.25) is 9.59 Å². The Labute approximate surface area is 195 Å². The summed E-state index contributed by atoms with van der Waals surface area (Å²) in [6, 6.07) is 7.88. The van der Waals surface area contributed by atoms with E-state index in [1.807, 2.05) is 38.1 Å². The normalized spacial score (nSPS) is 11.2. The van der Waals surface area contributed by atoms with Crippen LogP contribution in [0.3, 0.4) is 0 Å². The predicted molar refractivity (Wildman–Crippen MR) is 132 cm³/mol. The van der Waals surface area contributed by atoms with Crippen molar-refractivity contribution in [3.63, 3.8) is 0 Å². The second-order valence-electron chi connectivity index (χ2n) is 8.30. The molecule has 0 aromatic heterocycles. The smallest absolute Gasteiger partial charge is 0.143 e. The van der Waals surface area contributed by atoms with Gasteiger partial charge in [0.05, 0.1) is 12.5 Å². The molecular formula is C27H45NO4. The summed E-state index contributed by atoms with van der Waals surface area (Å²) >= 11 is 0. The highest BCUT2D eigenvalue weighted by atomic mass is 16.5. The van der Waals surface area contributed by atoms with Crippen LogP contribution in [0.1, 0.15) is 85.5 Å². The molecule has 0 unspecified atom stereocenters. The number of ketones is 2. The Balaban J connectivity index is 2.09. The molecule has 0 amide bonds. The average Bonchev–Trinajstić information content (AvgIpc) is 2.83. The summed E-state index contributed by atoms with van der Waals surface area (Å²) in [4.78, 5) is 26.2. The lowest BCUT2D eigenvalue weighted by molar-refractivity contribution is -0.132. The van der Waals surface area contributed by atoms with E-state index in [0.717, 1.165) is 82.7 Å². The summed E-state index contributed by atoms with van der Waals surface area (Å²) in [5.74, 6) is 1.61. The van der Waals surface area contributed by atoms with Gasteiger partial charge in [0.25, 0.3) is 0 Å². The average molecular weight is 448 g/mol. The zero-order valence-electron chi connectivity index (χ0n) is 20.9. The van der Waals surface area contributed by atoms with E-state index in [1.54, 1.807) is 0 Å². The van der Waals surface area contributed by atoms with Crippen molar-refractivity contribution in [2.75, 3.05) is 32.8 Å². The number of unbranched alkanes of at least 4 members (excludes halogenated alkanes) is 5. The number of nitrogens with zero attached hydrogens (tertiary/aromatic N) is 1. The standard InChI is InChI=1S/C27H45NO4/c1-5-26(29)25(27(30)6-2)15-13-11-9-10-12-14-21-31-23-16-18-24(19-17-23)32-22-20-28(7-3)8-4/h16-19,25H,5-15,20-22H2,1-4H3. The maximum absolute atomic E-state index is 11.9. The van der Waals surface area contributed by atoms with Gasteiger partial charge in [0, 0.05) is 19.4 Å². The quantitative estimate of drug-likeness (QED) is 0.179. The number of hydrogen-bond acceptors (Lipinski definition) is 5. The highest BCUT2D eigenvalue weighted by molar-refractivity contribution is 6.02. The molecule has 0 aliphatic heterocycles. The lowest BCUT2D eigenvalue weighted by Gasteiger charge is -2.18. The van der Waals surface area contributed by atoms with Gasteiger partial charge in [0.1, 0.15) is 29.7 Å². The molecule has 0 fully saturated rings. The van der Waals surface area contributed by atoms with Gasteiger partial charge in [0.2, 0.25) is 0 Å². The van der Waals surface area contributed by atoms with E-state index in [4.69, 9.17) is 9.47 Å². The van der Waals surface area contributed by atoms with E-state index in [1.165, 1.54) is 0 Å². The molecule has 1 aromatic rings. The third kappa shape index (κ3) is 11.7. The summed E-state index contributed by atoms with van der Waals surface area (Å²) < 4.78 is 11.6. The minimum absolute atomic E-state index is 0.105. The largest absolute Gasteiger partial charge is 0.494 e. The number of benzene rings is 1. The van der Waals surface area contributed by atoms with E-state index < -0.39 is 0 Å². The first kappa shape index (κ1) is 28.2. The molecule has 5 heteroatoms. The predicted octanol–water partition coefficient (Wildman–Crippen LogP) is 6.09. The van der Waals surface area contributed by atoms with Crippen LogP contribution in [0.2, 0.25) is 0 Å². The van der Waals surface area contributed by atoms with Gasteiger partial charge in [0.15, 0.2) is 0 Å². The highest BCUT2D eigenvalue weighted by Gasteiger charge is 2.22. The zero-order valence-corrected chi connectivity index (χ0v) is 20.9. The van der Waals surface area contributed by atoms with E-state index >= 15 is 0 Å². The fraction of sp³-hybridized carbons (Fsp3) is 0.704. The molecule has 1 aromatic carbocycles. The van der Waals surface area contributed by atoms with Crippen LogP contribution >= 0.6 is 0 Å². The minimum Gasteiger partial charge on any atom is -0.494 e. The first-order chi connectivity index (χ1) is 15.5. The molecular weight excluding hydrogens is 402 g/mol. The Bertz CT molecular complexity index is 609. The summed E-state index contributed by atoms with van der Waals surface area (Å²) in [5, 5.41) is 0. The second kappa shape index (κ2) is 17.6. The molecule has 0 saturated carbocycles. The van der Waals surface area contributed by atoms with Crippen LogP contribution < -0.4 is 9.47 Å². The summed E-state index contributed by atoms with van der Waals surface area (Å²) in [5.41, 5.74) is 0. The van der Waals surface area contributed by atoms with Crippen LogP contribution in [0.5, 0.6) is 11.5 Å². The van der Waals surface area contributed by atoms with Crippen molar-refractivity contribution in [3.05, 3.63) is 24.3 Å². The van der Waals surface area contributed by atoms with E-state index in [2.05, 4.69) is 18.7 Å². The van der Waals surface area contributed by atoms with E-state index in [-0.39, 0.29) is 17.5 Å². The number of carbonyl (C=O) groups is 2. The third-order valence-corrected chi connectivity index (χ3v) is 6.02. The van der Waals surface area contributed by atoms with Crippen LogP contribution in [-0.4, -0.2) is 49.3 Å². The molecule has 0 aliphatic rings. The maximum Gasteiger partial charge on any atom is 0.143 e. The molecule has 0 N–H and O–H groups in total. The molecule has 0 heterocycles. The van der Waals surface area contributed by atoms with E-state index in [9.17, 15) is 9.59 Å². The van der Waals surface area contributed by atoms with Gasteiger partial charge in [-0.2, -0.15) is 0 Å². The fourth-order valence-corrected chi connectivity index (χ4v) is 3.81. The SMILES string of the molecule is CCC(=O)C(CCCCCCCCOc1ccc(OCCN(CC)CC)cc1)C(=O)CC. The molecule has 1 rings (SSSR count). The Hall–Kier alpha value is -1.88. The zero-order chi connectivity index (χ0) is 23.6. The molecule has 5 nitrogen and oxygen atoms in total. The number of carbonyl (C=O) groups excluding carboxylic acids is 2. The Morgan fingerprint density at radius 3 is 1.69 bits per heavy atom. The molecule has 0 spiro atoms. The molecule has 0 saturated heterocycles. The highest BCUT2D eigenvalue weighted by Crippen LogP contribution is 2.19.